The smallest absolute Gasteiger partial charge is 0.223 e. The molecule has 0 radical (unpaired) electrons. The number of halogens is 1. The number of aromatic nitrogens is 2. The third kappa shape index (κ3) is 3.20. The number of nitrogens with zero attached hydrogens (tertiary/aromatic N) is 2. The van der Waals surface area contributed by atoms with Gasteiger partial charge in [-0.1, -0.05) is 41.4 Å². The van der Waals surface area contributed by atoms with Crippen LogP contribution in [0.1, 0.15) is 16.7 Å². The summed E-state index contributed by atoms with van der Waals surface area (Å²) in [6.07, 6.45) is 1.11. The number of benzene rings is 1. The Balaban J connectivity index is 2.19. The lowest BCUT2D eigenvalue weighted by atomic mass is 10.1. The van der Waals surface area contributed by atoms with Gasteiger partial charge in [0.15, 0.2) is 0 Å². The lowest BCUT2D eigenvalue weighted by molar-refractivity contribution is 1.08. The molecule has 0 saturated carbocycles. The third-order valence-corrected chi connectivity index (χ3v) is 2.93. The van der Waals surface area contributed by atoms with E-state index in [2.05, 4.69) is 15.3 Å². The number of nitrogens with two attached hydrogens (primary N) is 1. The van der Waals surface area contributed by atoms with Crippen molar-refractivity contribution in [2.75, 3.05) is 11.1 Å². The summed E-state index contributed by atoms with van der Waals surface area (Å²) in [5, 5.41) is 10.6. The zero-order chi connectivity index (χ0) is 13.8. The fourth-order valence-corrected chi connectivity index (χ4v) is 1.84. The SMILES string of the molecule is Cc1ccc(CNc2nc(N)nc(Cl)c2C=N)cc1. The van der Waals surface area contributed by atoms with Crippen LogP contribution in [0.2, 0.25) is 5.15 Å². The number of anilines is 2. The maximum atomic E-state index is 7.34. The molecule has 0 saturated heterocycles. The predicted octanol–water partition coefficient (Wildman–Crippen LogP) is 2.63. The van der Waals surface area contributed by atoms with Crippen molar-refractivity contribution in [2.45, 2.75) is 13.5 Å². The molecule has 0 aliphatic carbocycles. The topological polar surface area (TPSA) is 87.7 Å². The Hall–Kier alpha value is -2.14. The van der Waals surface area contributed by atoms with Crippen molar-refractivity contribution in [3.8, 4) is 0 Å². The number of hydrogen-bond acceptors (Lipinski definition) is 5. The normalized spacial score (nSPS) is 10.2. The third-order valence-electron chi connectivity index (χ3n) is 2.64. The minimum Gasteiger partial charge on any atom is -0.368 e. The summed E-state index contributed by atoms with van der Waals surface area (Å²) in [7, 11) is 0. The molecule has 0 bridgehead atoms. The van der Waals surface area contributed by atoms with E-state index in [1.807, 2.05) is 31.2 Å². The Morgan fingerprint density at radius 1 is 1.32 bits per heavy atom. The Morgan fingerprint density at radius 2 is 2.00 bits per heavy atom. The van der Waals surface area contributed by atoms with Crippen LogP contribution in [-0.2, 0) is 6.54 Å². The van der Waals surface area contributed by atoms with Gasteiger partial charge in [-0.3, -0.25) is 0 Å². The van der Waals surface area contributed by atoms with Gasteiger partial charge in [0.25, 0.3) is 0 Å². The highest BCUT2D eigenvalue weighted by atomic mass is 35.5. The van der Waals surface area contributed by atoms with Gasteiger partial charge in [0, 0.05) is 12.8 Å². The summed E-state index contributed by atoms with van der Waals surface area (Å²) >= 11 is 5.91. The molecule has 0 spiro atoms. The van der Waals surface area contributed by atoms with E-state index in [4.69, 9.17) is 22.7 Å². The second-order valence-corrected chi connectivity index (χ2v) is 4.48. The lowest BCUT2D eigenvalue weighted by Gasteiger charge is -2.10. The predicted molar refractivity (Wildman–Crippen MR) is 77.8 cm³/mol. The van der Waals surface area contributed by atoms with Gasteiger partial charge < -0.3 is 16.5 Å². The summed E-state index contributed by atoms with van der Waals surface area (Å²) in [5.74, 6) is 0.551. The van der Waals surface area contributed by atoms with Crippen molar-refractivity contribution in [1.82, 2.24) is 9.97 Å². The van der Waals surface area contributed by atoms with E-state index in [1.165, 1.54) is 5.56 Å². The van der Waals surface area contributed by atoms with Gasteiger partial charge in [-0.25, -0.2) is 4.98 Å². The van der Waals surface area contributed by atoms with Crippen LogP contribution < -0.4 is 11.1 Å². The molecule has 1 heterocycles. The van der Waals surface area contributed by atoms with E-state index >= 15 is 0 Å². The first-order valence-electron chi connectivity index (χ1n) is 5.73. The van der Waals surface area contributed by atoms with Crippen LogP contribution in [0.4, 0.5) is 11.8 Å². The Labute approximate surface area is 116 Å². The summed E-state index contributed by atoms with van der Waals surface area (Å²) in [6.45, 7) is 2.61. The quantitative estimate of drug-likeness (QED) is 0.591. The fourth-order valence-electron chi connectivity index (χ4n) is 1.61. The fraction of sp³-hybridized carbons (Fsp3) is 0.154. The van der Waals surface area contributed by atoms with Gasteiger partial charge >= 0.3 is 0 Å². The first-order chi connectivity index (χ1) is 9.10. The van der Waals surface area contributed by atoms with Crippen LogP contribution in [0.5, 0.6) is 0 Å². The molecular weight excluding hydrogens is 262 g/mol. The van der Waals surface area contributed by atoms with Crippen molar-refractivity contribution in [3.05, 3.63) is 46.1 Å². The van der Waals surface area contributed by atoms with Crippen LogP contribution >= 0.6 is 11.6 Å². The van der Waals surface area contributed by atoms with Crippen molar-refractivity contribution in [3.63, 3.8) is 0 Å². The summed E-state index contributed by atoms with van der Waals surface area (Å²) in [6, 6.07) is 8.13. The van der Waals surface area contributed by atoms with E-state index in [-0.39, 0.29) is 11.1 Å². The maximum Gasteiger partial charge on any atom is 0.223 e. The van der Waals surface area contributed by atoms with Gasteiger partial charge in [0.1, 0.15) is 11.0 Å². The first-order valence-corrected chi connectivity index (χ1v) is 6.11. The van der Waals surface area contributed by atoms with Crippen LogP contribution in [0.3, 0.4) is 0 Å². The highest BCUT2D eigenvalue weighted by Gasteiger charge is 2.09. The average Bonchev–Trinajstić information content (AvgIpc) is 2.37. The van der Waals surface area contributed by atoms with Gasteiger partial charge in [-0.2, -0.15) is 4.98 Å². The molecule has 4 N–H and O–H groups in total. The second-order valence-electron chi connectivity index (χ2n) is 4.12. The molecule has 0 fully saturated rings. The largest absolute Gasteiger partial charge is 0.368 e. The highest BCUT2D eigenvalue weighted by Crippen LogP contribution is 2.20. The van der Waals surface area contributed by atoms with Crippen LogP contribution in [-0.4, -0.2) is 16.2 Å². The van der Waals surface area contributed by atoms with Crippen molar-refractivity contribution in [2.24, 2.45) is 0 Å². The molecule has 0 unspecified atom stereocenters. The van der Waals surface area contributed by atoms with Gasteiger partial charge in [-0.15, -0.1) is 0 Å². The average molecular weight is 276 g/mol. The van der Waals surface area contributed by atoms with Crippen molar-refractivity contribution in [1.29, 1.82) is 5.41 Å². The number of hydrogen-bond donors (Lipinski definition) is 3. The molecule has 6 heteroatoms. The number of nitrogen functional groups attached to an aromatic ring is 1. The van der Waals surface area contributed by atoms with Crippen LogP contribution in [0.15, 0.2) is 24.3 Å². The van der Waals surface area contributed by atoms with E-state index in [1.54, 1.807) is 0 Å². The Morgan fingerprint density at radius 3 is 2.63 bits per heavy atom. The highest BCUT2D eigenvalue weighted by molar-refractivity contribution is 6.32. The molecule has 5 nitrogen and oxygen atoms in total. The molecule has 98 valence electrons. The van der Waals surface area contributed by atoms with E-state index in [9.17, 15) is 0 Å². The standard InChI is InChI=1S/C13H14ClN5/c1-8-2-4-9(5-3-8)7-17-12-10(6-15)11(14)18-13(16)19-12/h2-6,15H,7H2,1H3,(H3,16,17,18,19). The summed E-state index contributed by atoms with van der Waals surface area (Å²) in [5.41, 5.74) is 8.30. The summed E-state index contributed by atoms with van der Waals surface area (Å²) in [4.78, 5) is 7.87. The van der Waals surface area contributed by atoms with E-state index in [0.29, 0.717) is 17.9 Å². The Bertz CT molecular complexity index is 595. The van der Waals surface area contributed by atoms with E-state index in [0.717, 1.165) is 11.8 Å². The molecule has 0 atom stereocenters. The van der Waals surface area contributed by atoms with Gasteiger partial charge in [-0.05, 0) is 12.5 Å². The monoisotopic (exact) mass is 275 g/mol. The van der Waals surface area contributed by atoms with Crippen molar-refractivity contribution < 1.29 is 0 Å². The number of rotatable bonds is 4. The van der Waals surface area contributed by atoms with Gasteiger partial charge in [0.05, 0.1) is 5.56 Å². The lowest BCUT2D eigenvalue weighted by Crippen LogP contribution is -2.08. The van der Waals surface area contributed by atoms with Crippen LogP contribution in [0, 0.1) is 12.3 Å². The molecule has 19 heavy (non-hydrogen) atoms. The number of nitrogens with one attached hydrogen (secondary N) is 2. The van der Waals surface area contributed by atoms with Crippen molar-refractivity contribution >= 4 is 29.6 Å². The minimum absolute atomic E-state index is 0.0852. The minimum atomic E-state index is 0.0852. The number of aryl methyl sites for hydroxylation is 1. The van der Waals surface area contributed by atoms with E-state index < -0.39 is 0 Å². The Kier molecular flexibility index (Phi) is 3.97. The zero-order valence-electron chi connectivity index (χ0n) is 10.4. The molecular formula is C13H14ClN5. The molecule has 2 rings (SSSR count). The van der Waals surface area contributed by atoms with Crippen LogP contribution in [0.25, 0.3) is 0 Å². The molecule has 1 aromatic heterocycles. The molecule has 0 aliphatic heterocycles. The second kappa shape index (κ2) is 5.67. The molecule has 2 aromatic rings. The zero-order valence-corrected chi connectivity index (χ0v) is 11.2. The molecule has 1 aromatic carbocycles. The first kappa shape index (κ1) is 13.3. The molecule has 0 amide bonds. The molecule has 0 aliphatic rings. The maximum absolute atomic E-state index is 7.34. The van der Waals surface area contributed by atoms with Gasteiger partial charge in [0.2, 0.25) is 5.95 Å². The summed E-state index contributed by atoms with van der Waals surface area (Å²) < 4.78 is 0.